The zero-order valence-electron chi connectivity index (χ0n) is 10.7. The molecule has 104 valence electrons. The molecule has 0 radical (unpaired) electrons. The normalized spacial score (nSPS) is 20.9. The molecule has 0 unspecified atom stereocenters. The van der Waals surface area contributed by atoms with Crippen molar-refractivity contribution in [2.75, 3.05) is 11.9 Å². The summed E-state index contributed by atoms with van der Waals surface area (Å²) >= 11 is 3.36. The van der Waals surface area contributed by atoms with Gasteiger partial charge in [0.15, 0.2) is 0 Å². The van der Waals surface area contributed by atoms with E-state index in [0.717, 1.165) is 19.3 Å². The molecule has 0 bridgehead atoms. The fourth-order valence-electron chi connectivity index (χ4n) is 2.44. The molecule has 0 saturated heterocycles. The topological polar surface area (TPSA) is 67.2 Å². The Kier molecular flexibility index (Phi) is 3.39. The van der Waals surface area contributed by atoms with E-state index in [0.29, 0.717) is 22.6 Å². The molecule has 5 nitrogen and oxygen atoms in total. The van der Waals surface area contributed by atoms with Crippen molar-refractivity contribution in [2.45, 2.75) is 44.2 Å². The van der Waals surface area contributed by atoms with Gasteiger partial charge in [-0.05, 0) is 54.0 Å². The first-order chi connectivity index (χ1) is 9.13. The lowest BCUT2D eigenvalue weighted by Gasteiger charge is -2.41. The maximum atomic E-state index is 12.2. The summed E-state index contributed by atoms with van der Waals surface area (Å²) in [6.07, 6.45) is 7.04. The smallest absolute Gasteiger partial charge is 0.283 e. The molecule has 2 N–H and O–H groups in total. The first-order valence-electron chi connectivity index (χ1n) is 6.78. The average molecular weight is 328 g/mol. The second kappa shape index (κ2) is 4.90. The van der Waals surface area contributed by atoms with Gasteiger partial charge in [0.05, 0.1) is 24.0 Å². The highest BCUT2D eigenvalue weighted by Gasteiger charge is 2.37. The lowest BCUT2D eigenvalue weighted by Crippen LogP contribution is -2.48. The number of aromatic nitrogens is 2. The summed E-state index contributed by atoms with van der Waals surface area (Å²) in [6, 6.07) is 0. The third-order valence-corrected chi connectivity index (χ3v) is 4.89. The molecule has 2 fully saturated rings. The van der Waals surface area contributed by atoms with Crippen LogP contribution >= 0.6 is 15.9 Å². The molecule has 1 aromatic heterocycles. The van der Waals surface area contributed by atoms with Gasteiger partial charge >= 0.3 is 0 Å². The molecule has 6 heteroatoms. The summed E-state index contributed by atoms with van der Waals surface area (Å²) in [7, 11) is 0. The van der Waals surface area contributed by atoms with Gasteiger partial charge in [-0.2, -0.15) is 5.10 Å². The van der Waals surface area contributed by atoms with Gasteiger partial charge in [0, 0.05) is 6.54 Å². The van der Waals surface area contributed by atoms with E-state index in [9.17, 15) is 9.90 Å². The highest BCUT2D eigenvalue weighted by atomic mass is 79.9. The largest absolute Gasteiger partial charge is 0.394 e. The minimum Gasteiger partial charge on any atom is -0.394 e. The minimum atomic E-state index is -0.265. The summed E-state index contributed by atoms with van der Waals surface area (Å²) in [5.41, 5.74) is 0.328. The van der Waals surface area contributed by atoms with Crippen molar-refractivity contribution in [2.24, 2.45) is 5.92 Å². The fourth-order valence-corrected chi connectivity index (χ4v) is 2.85. The lowest BCUT2D eigenvalue weighted by atomic mass is 9.77. The maximum Gasteiger partial charge on any atom is 0.283 e. The van der Waals surface area contributed by atoms with Gasteiger partial charge in [0.2, 0.25) is 0 Å². The standard InChI is InChI=1S/C13H18BrN3O2/c14-11-10(16-13(8-18)4-1-5-13)6-15-17(12(11)19)7-9-2-3-9/h6,9,16,18H,1-5,7-8H2. The van der Waals surface area contributed by atoms with Crippen molar-refractivity contribution in [3.8, 4) is 0 Å². The summed E-state index contributed by atoms with van der Waals surface area (Å²) in [5.74, 6) is 0.617. The van der Waals surface area contributed by atoms with E-state index >= 15 is 0 Å². The second-order valence-electron chi connectivity index (χ2n) is 5.72. The van der Waals surface area contributed by atoms with E-state index < -0.39 is 0 Å². The van der Waals surface area contributed by atoms with Crippen LogP contribution < -0.4 is 10.9 Å². The van der Waals surface area contributed by atoms with E-state index in [2.05, 4.69) is 26.3 Å². The van der Waals surface area contributed by atoms with Crippen molar-refractivity contribution in [3.63, 3.8) is 0 Å². The van der Waals surface area contributed by atoms with Crippen LogP contribution in [0.25, 0.3) is 0 Å². The Bertz CT molecular complexity index is 530. The zero-order chi connectivity index (χ0) is 13.5. The van der Waals surface area contributed by atoms with Crippen LogP contribution in [-0.2, 0) is 6.54 Å². The molecule has 0 atom stereocenters. The molecule has 0 spiro atoms. The Hall–Kier alpha value is -0.880. The molecular weight excluding hydrogens is 310 g/mol. The van der Waals surface area contributed by atoms with Crippen molar-refractivity contribution in [1.82, 2.24) is 9.78 Å². The molecule has 2 aliphatic carbocycles. The monoisotopic (exact) mass is 327 g/mol. The summed E-state index contributed by atoms with van der Waals surface area (Å²) in [6.45, 7) is 0.799. The quantitative estimate of drug-likeness (QED) is 0.864. The van der Waals surface area contributed by atoms with Crippen molar-refractivity contribution in [1.29, 1.82) is 0 Å². The van der Waals surface area contributed by atoms with Gasteiger partial charge < -0.3 is 10.4 Å². The molecule has 2 saturated carbocycles. The lowest BCUT2D eigenvalue weighted by molar-refractivity contribution is 0.144. The summed E-state index contributed by atoms with van der Waals surface area (Å²) < 4.78 is 2.04. The first kappa shape index (κ1) is 13.1. The van der Waals surface area contributed by atoms with Gasteiger partial charge in [0.1, 0.15) is 4.47 Å². The van der Waals surface area contributed by atoms with Crippen LogP contribution in [0, 0.1) is 5.92 Å². The molecule has 1 heterocycles. The van der Waals surface area contributed by atoms with Crippen LogP contribution in [0.1, 0.15) is 32.1 Å². The van der Waals surface area contributed by atoms with Crippen LogP contribution in [0.2, 0.25) is 0 Å². The van der Waals surface area contributed by atoms with Crippen molar-refractivity contribution >= 4 is 21.6 Å². The molecule has 19 heavy (non-hydrogen) atoms. The number of rotatable bonds is 5. The van der Waals surface area contributed by atoms with Crippen LogP contribution in [0.4, 0.5) is 5.69 Å². The zero-order valence-corrected chi connectivity index (χ0v) is 12.3. The van der Waals surface area contributed by atoms with E-state index in [1.54, 1.807) is 6.20 Å². The average Bonchev–Trinajstić information content (AvgIpc) is 3.16. The number of hydrogen-bond donors (Lipinski definition) is 2. The molecule has 0 aromatic carbocycles. The third kappa shape index (κ3) is 2.56. The Morgan fingerprint density at radius 1 is 1.53 bits per heavy atom. The van der Waals surface area contributed by atoms with E-state index in [1.165, 1.54) is 17.5 Å². The SMILES string of the molecule is O=c1c(Br)c(NC2(CO)CCC2)cnn1CC1CC1. The van der Waals surface area contributed by atoms with Gasteiger partial charge in [-0.15, -0.1) is 0 Å². The number of aliphatic hydroxyl groups is 1. The molecule has 0 aliphatic heterocycles. The van der Waals surface area contributed by atoms with Gasteiger partial charge in [0.25, 0.3) is 5.56 Å². The van der Waals surface area contributed by atoms with Crippen molar-refractivity contribution < 1.29 is 5.11 Å². The number of aliphatic hydroxyl groups excluding tert-OH is 1. The molecule has 2 aliphatic rings. The van der Waals surface area contributed by atoms with Crippen LogP contribution in [0.5, 0.6) is 0 Å². The Morgan fingerprint density at radius 3 is 2.79 bits per heavy atom. The summed E-state index contributed by atoms with van der Waals surface area (Å²) in [4.78, 5) is 12.2. The van der Waals surface area contributed by atoms with Crippen LogP contribution in [-0.4, -0.2) is 27.0 Å². The minimum absolute atomic E-state index is 0.0879. The predicted octanol–water partition coefficient (Wildman–Crippen LogP) is 1.74. The van der Waals surface area contributed by atoms with Crippen LogP contribution in [0.15, 0.2) is 15.5 Å². The number of halogens is 1. The molecular formula is C13H18BrN3O2. The Labute approximate surface area is 120 Å². The summed E-state index contributed by atoms with van der Waals surface area (Å²) in [5, 5.41) is 17.0. The highest BCUT2D eigenvalue weighted by molar-refractivity contribution is 9.10. The van der Waals surface area contributed by atoms with Gasteiger partial charge in [-0.1, -0.05) is 0 Å². The maximum absolute atomic E-state index is 12.2. The van der Waals surface area contributed by atoms with E-state index in [1.807, 2.05) is 0 Å². The first-order valence-corrected chi connectivity index (χ1v) is 7.57. The Balaban J connectivity index is 1.82. The number of anilines is 1. The van der Waals surface area contributed by atoms with E-state index in [4.69, 9.17) is 0 Å². The third-order valence-electron chi connectivity index (χ3n) is 4.13. The molecule has 0 amide bonds. The molecule has 1 aromatic rings. The number of nitrogens with one attached hydrogen (secondary N) is 1. The van der Waals surface area contributed by atoms with Gasteiger partial charge in [-0.3, -0.25) is 4.79 Å². The predicted molar refractivity (Wildman–Crippen MR) is 76.2 cm³/mol. The van der Waals surface area contributed by atoms with Crippen molar-refractivity contribution in [3.05, 3.63) is 21.0 Å². The van der Waals surface area contributed by atoms with Crippen LogP contribution in [0.3, 0.4) is 0 Å². The van der Waals surface area contributed by atoms with E-state index in [-0.39, 0.29) is 17.7 Å². The Morgan fingerprint density at radius 2 is 2.26 bits per heavy atom. The number of hydrogen-bond acceptors (Lipinski definition) is 4. The highest BCUT2D eigenvalue weighted by Crippen LogP contribution is 2.36. The van der Waals surface area contributed by atoms with Gasteiger partial charge in [-0.25, -0.2) is 4.68 Å². The number of nitrogens with zero attached hydrogens (tertiary/aromatic N) is 2. The second-order valence-corrected chi connectivity index (χ2v) is 6.51. The fraction of sp³-hybridized carbons (Fsp3) is 0.692. The molecule has 3 rings (SSSR count).